The number of carbonyl (C=O) groups is 1. The first-order chi connectivity index (χ1) is 15.9. The summed E-state index contributed by atoms with van der Waals surface area (Å²) in [6, 6.07) is 8.24. The molecule has 1 amide bonds. The zero-order chi connectivity index (χ0) is 23.4. The highest BCUT2D eigenvalue weighted by molar-refractivity contribution is 7.10. The molecular weight excluding hydrogens is 436 g/mol. The molecule has 0 bridgehead atoms. The van der Waals surface area contributed by atoms with E-state index in [-0.39, 0.29) is 18.6 Å². The van der Waals surface area contributed by atoms with Gasteiger partial charge in [-0.05, 0) is 67.7 Å². The Hall–Kier alpha value is -1.93. The summed E-state index contributed by atoms with van der Waals surface area (Å²) in [7, 11) is 1.59. The lowest BCUT2D eigenvalue weighted by atomic mass is 10.00. The maximum atomic E-state index is 13.5. The molecule has 0 saturated heterocycles. The molecule has 7 heteroatoms. The van der Waals surface area contributed by atoms with Crippen LogP contribution < -0.4 is 4.74 Å². The minimum Gasteiger partial charge on any atom is -0.491 e. The molecule has 1 aromatic carbocycles. The standard InChI is InChI=1S/C26H36N2O4S/c1-18-4-7-24(19(2)12-18)32-17-23-22-9-11-33-25(22)8-10-28(23)26(30)15-27(13-20-5-6-20)14-21(29)16-31-3/h4,7,9,11-12,20-21,23,29H,5-6,8,10,13-17H2,1-3H3. The Morgan fingerprint density at radius 3 is 2.85 bits per heavy atom. The van der Waals surface area contributed by atoms with Crippen LogP contribution in [0.3, 0.4) is 0 Å². The maximum absolute atomic E-state index is 13.5. The van der Waals surface area contributed by atoms with Crippen molar-refractivity contribution in [2.75, 3.05) is 46.5 Å². The van der Waals surface area contributed by atoms with Crippen LogP contribution in [0.2, 0.25) is 0 Å². The van der Waals surface area contributed by atoms with Gasteiger partial charge in [0.05, 0.1) is 25.3 Å². The topological polar surface area (TPSA) is 62.2 Å². The van der Waals surface area contributed by atoms with Crippen molar-refractivity contribution >= 4 is 17.2 Å². The third-order valence-electron chi connectivity index (χ3n) is 6.54. The summed E-state index contributed by atoms with van der Waals surface area (Å²) < 4.78 is 11.4. The summed E-state index contributed by atoms with van der Waals surface area (Å²) in [5.74, 6) is 1.61. The Kier molecular flexibility index (Phi) is 8.07. The number of rotatable bonds is 11. The molecule has 0 spiro atoms. The van der Waals surface area contributed by atoms with Gasteiger partial charge in [0.2, 0.25) is 5.91 Å². The minimum atomic E-state index is -0.588. The van der Waals surface area contributed by atoms with Gasteiger partial charge in [-0.3, -0.25) is 9.69 Å². The molecule has 1 saturated carbocycles. The van der Waals surface area contributed by atoms with E-state index in [2.05, 4.69) is 42.3 Å². The van der Waals surface area contributed by atoms with Gasteiger partial charge in [0.1, 0.15) is 12.4 Å². The fourth-order valence-electron chi connectivity index (χ4n) is 4.70. The van der Waals surface area contributed by atoms with Crippen LogP contribution in [0.1, 0.15) is 40.5 Å². The molecule has 1 aliphatic heterocycles. The van der Waals surface area contributed by atoms with Gasteiger partial charge in [-0.25, -0.2) is 0 Å². The quantitative estimate of drug-likeness (QED) is 0.542. The average Bonchev–Trinajstić information content (AvgIpc) is 3.45. The van der Waals surface area contributed by atoms with Crippen LogP contribution in [-0.4, -0.2) is 73.4 Å². The smallest absolute Gasteiger partial charge is 0.237 e. The molecule has 0 radical (unpaired) electrons. The molecule has 1 fully saturated rings. The number of carbonyl (C=O) groups excluding carboxylic acids is 1. The second-order valence-corrected chi connectivity index (χ2v) is 10.5. The van der Waals surface area contributed by atoms with E-state index in [1.54, 1.807) is 18.4 Å². The van der Waals surface area contributed by atoms with Gasteiger partial charge >= 0.3 is 0 Å². The number of aryl methyl sites for hydroxylation is 2. The first-order valence-corrected chi connectivity index (χ1v) is 12.8. The van der Waals surface area contributed by atoms with Crippen molar-refractivity contribution in [1.82, 2.24) is 9.80 Å². The van der Waals surface area contributed by atoms with E-state index in [0.717, 1.165) is 24.3 Å². The van der Waals surface area contributed by atoms with Crippen molar-refractivity contribution in [2.45, 2.75) is 45.3 Å². The van der Waals surface area contributed by atoms with Crippen LogP contribution in [0.4, 0.5) is 0 Å². The van der Waals surface area contributed by atoms with Crippen molar-refractivity contribution in [3.05, 3.63) is 51.2 Å². The van der Waals surface area contributed by atoms with Crippen molar-refractivity contribution in [3.63, 3.8) is 0 Å². The molecule has 2 unspecified atom stereocenters. The second-order valence-electron chi connectivity index (χ2n) is 9.48. The molecule has 1 N–H and O–H groups in total. The average molecular weight is 473 g/mol. The summed E-state index contributed by atoms with van der Waals surface area (Å²) in [5.41, 5.74) is 3.52. The van der Waals surface area contributed by atoms with Crippen molar-refractivity contribution in [2.24, 2.45) is 5.92 Å². The molecule has 2 atom stereocenters. The number of hydrogen-bond acceptors (Lipinski definition) is 6. The molecule has 2 aromatic rings. The van der Waals surface area contributed by atoms with Crippen molar-refractivity contribution < 1.29 is 19.4 Å². The van der Waals surface area contributed by atoms with Crippen LogP contribution in [0, 0.1) is 19.8 Å². The molecule has 2 heterocycles. The number of hydrogen-bond donors (Lipinski definition) is 1. The first-order valence-electron chi connectivity index (χ1n) is 11.9. The zero-order valence-corrected chi connectivity index (χ0v) is 20.8. The van der Waals surface area contributed by atoms with E-state index in [1.807, 2.05) is 11.0 Å². The predicted octanol–water partition coefficient (Wildman–Crippen LogP) is 3.59. The highest BCUT2D eigenvalue weighted by Crippen LogP contribution is 2.35. The summed E-state index contributed by atoms with van der Waals surface area (Å²) in [6.07, 6.45) is 2.71. The molecule has 33 heavy (non-hydrogen) atoms. The third-order valence-corrected chi connectivity index (χ3v) is 7.54. The maximum Gasteiger partial charge on any atom is 0.237 e. The van der Waals surface area contributed by atoms with E-state index in [9.17, 15) is 9.90 Å². The number of aliphatic hydroxyl groups is 1. The molecular formula is C26H36N2O4S. The van der Waals surface area contributed by atoms with E-state index < -0.39 is 6.10 Å². The highest BCUT2D eigenvalue weighted by Gasteiger charge is 2.34. The van der Waals surface area contributed by atoms with Gasteiger partial charge in [0.25, 0.3) is 0 Å². The Morgan fingerprint density at radius 1 is 1.30 bits per heavy atom. The molecule has 1 aromatic heterocycles. The molecule has 180 valence electrons. The fourth-order valence-corrected chi connectivity index (χ4v) is 5.63. The van der Waals surface area contributed by atoms with Crippen LogP contribution in [0.5, 0.6) is 5.75 Å². The normalized spacial score (nSPS) is 18.9. The minimum absolute atomic E-state index is 0.0973. The molecule has 6 nitrogen and oxygen atoms in total. The second kappa shape index (κ2) is 11.0. The summed E-state index contributed by atoms with van der Waals surface area (Å²) in [4.78, 5) is 19.0. The van der Waals surface area contributed by atoms with Gasteiger partial charge in [-0.15, -0.1) is 11.3 Å². The van der Waals surface area contributed by atoms with Gasteiger partial charge in [-0.2, -0.15) is 0 Å². The van der Waals surface area contributed by atoms with Gasteiger partial charge in [-0.1, -0.05) is 17.7 Å². The number of thiophene rings is 1. The van der Waals surface area contributed by atoms with Gasteiger partial charge in [0, 0.05) is 31.6 Å². The monoisotopic (exact) mass is 472 g/mol. The Morgan fingerprint density at radius 2 is 2.12 bits per heavy atom. The lowest BCUT2D eigenvalue weighted by Gasteiger charge is -2.37. The van der Waals surface area contributed by atoms with Crippen LogP contribution >= 0.6 is 11.3 Å². The Labute approximate surface area is 201 Å². The number of methoxy groups -OCH3 is 1. The lowest BCUT2D eigenvalue weighted by molar-refractivity contribution is -0.136. The van der Waals surface area contributed by atoms with Crippen molar-refractivity contribution in [1.29, 1.82) is 0 Å². The van der Waals surface area contributed by atoms with Gasteiger partial charge < -0.3 is 19.5 Å². The molecule has 2 aliphatic rings. The number of benzene rings is 1. The SMILES string of the molecule is COCC(O)CN(CC(=O)N1CCc2sccc2C1COc1ccc(C)cc1C)CC1CC1. The lowest BCUT2D eigenvalue weighted by Crippen LogP contribution is -2.48. The predicted molar refractivity (Wildman–Crippen MR) is 131 cm³/mol. The summed E-state index contributed by atoms with van der Waals surface area (Å²) in [6.45, 7) is 7.18. The highest BCUT2D eigenvalue weighted by atomic mass is 32.1. The number of fused-ring (bicyclic) bond motifs is 1. The summed E-state index contributed by atoms with van der Waals surface area (Å²) >= 11 is 1.76. The van der Waals surface area contributed by atoms with Crippen LogP contribution in [0.25, 0.3) is 0 Å². The summed E-state index contributed by atoms with van der Waals surface area (Å²) in [5, 5.41) is 12.4. The fraction of sp³-hybridized carbons (Fsp3) is 0.577. The van der Waals surface area contributed by atoms with Crippen LogP contribution in [-0.2, 0) is 16.0 Å². The third kappa shape index (κ3) is 6.35. The number of amides is 1. The van der Waals surface area contributed by atoms with E-state index >= 15 is 0 Å². The molecule has 1 aliphatic carbocycles. The van der Waals surface area contributed by atoms with Crippen LogP contribution in [0.15, 0.2) is 29.6 Å². The number of ether oxygens (including phenoxy) is 2. The first kappa shape index (κ1) is 24.2. The van der Waals surface area contributed by atoms with E-state index in [1.165, 1.54) is 28.8 Å². The van der Waals surface area contributed by atoms with Crippen molar-refractivity contribution in [3.8, 4) is 5.75 Å². The van der Waals surface area contributed by atoms with Gasteiger partial charge in [0.15, 0.2) is 0 Å². The Balaban J connectivity index is 1.46. The Bertz CT molecular complexity index is 942. The molecule has 4 rings (SSSR count). The number of aliphatic hydroxyl groups excluding tert-OH is 1. The van der Waals surface area contributed by atoms with E-state index in [4.69, 9.17) is 9.47 Å². The van der Waals surface area contributed by atoms with E-state index in [0.29, 0.717) is 32.2 Å². The number of nitrogens with zero attached hydrogens (tertiary/aromatic N) is 2. The largest absolute Gasteiger partial charge is 0.491 e. The zero-order valence-electron chi connectivity index (χ0n) is 20.0.